The SMILES string of the molecule is Clc1ccc(-c2cc(Cc3ccccc3)cc3cccnc23)cc1Cl. The molecule has 4 rings (SSSR count). The average molecular weight is 364 g/mol. The number of hydrogen-bond donors (Lipinski definition) is 0. The van der Waals surface area contributed by atoms with Crippen molar-refractivity contribution in [2.75, 3.05) is 0 Å². The third-order valence-electron chi connectivity index (χ3n) is 4.25. The quantitative estimate of drug-likeness (QED) is 0.390. The lowest BCUT2D eigenvalue weighted by atomic mass is 9.96. The van der Waals surface area contributed by atoms with Crippen LogP contribution in [0.4, 0.5) is 0 Å². The maximum Gasteiger partial charge on any atom is 0.0780 e. The molecule has 0 aliphatic heterocycles. The van der Waals surface area contributed by atoms with E-state index in [4.69, 9.17) is 23.2 Å². The van der Waals surface area contributed by atoms with E-state index < -0.39 is 0 Å². The van der Waals surface area contributed by atoms with Crippen LogP contribution in [-0.2, 0) is 6.42 Å². The number of benzene rings is 3. The highest BCUT2D eigenvalue weighted by Crippen LogP contribution is 2.33. The molecule has 25 heavy (non-hydrogen) atoms. The maximum absolute atomic E-state index is 6.23. The standard InChI is InChI=1S/C22H15Cl2N/c23-20-9-8-17(14-21(20)24)19-13-16(11-15-5-2-1-3-6-15)12-18-7-4-10-25-22(18)19/h1-10,12-14H,11H2. The van der Waals surface area contributed by atoms with Crippen molar-refractivity contribution in [3.8, 4) is 11.1 Å². The van der Waals surface area contributed by atoms with Crippen LogP contribution in [0.15, 0.2) is 79.0 Å². The zero-order valence-electron chi connectivity index (χ0n) is 13.4. The Balaban J connectivity index is 1.88. The smallest absolute Gasteiger partial charge is 0.0780 e. The van der Waals surface area contributed by atoms with E-state index in [1.807, 2.05) is 36.5 Å². The molecule has 0 aliphatic rings. The number of nitrogens with zero attached hydrogens (tertiary/aromatic N) is 1. The molecule has 3 aromatic carbocycles. The summed E-state index contributed by atoms with van der Waals surface area (Å²) in [4.78, 5) is 4.58. The Morgan fingerprint density at radius 3 is 2.36 bits per heavy atom. The van der Waals surface area contributed by atoms with Crippen LogP contribution in [0.3, 0.4) is 0 Å². The Hall–Kier alpha value is -2.35. The second-order valence-electron chi connectivity index (χ2n) is 6.01. The fraction of sp³-hybridized carbons (Fsp3) is 0.0455. The Bertz CT molecular complexity index is 1040. The van der Waals surface area contributed by atoms with Crippen LogP contribution in [0.1, 0.15) is 11.1 Å². The third kappa shape index (κ3) is 3.39. The first-order valence-corrected chi connectivity index (χ1v) is 8.83. The van der Waals surface area contributed by atoms with Gasteiger partial charge < -0.3 is 0 Å². The van der Waals surface area contributed by atoms with Crippen LogP contribution < -0.4 is 0 Å². The number of rotatable bonds is 3. The molecule has 1 nitrogen and oxygen atoms in total. The highest BCUT2D eigenvalue weighted by atomic mass is 35.5. The number of pyridine rings is 1. The third-order valence-corrected chi connectivity index (χ3v) is 4.99. The lowest BCUT2D eigenvalue weighted by molar-refractivity contribution is 1.20. The summed E-state index contributed by atoms with van der Waals surface area (Å²) in [5.41, 5.74) is 5.59. The average Bonchev–Trinajstić information content (AvgIpc) is 2.64. The first kappa shape index (κ1) is 16.1. The molecule has 0 saturated heterocycles. The number of hydrogen-bond acceptors (Lipinski definition) is 1. The molecule has 0 radical (unpaired) electrons. The summed E-state index contributed by atoms with van der Waals surface area (Å²) in [5.74, 6) is 0. The summed E-state index contributed by atoms with van der Waals surface area (Å²) in [6.45, 7) is 0. The van der Waals surface area contributed by atoms with Gasteiger partial charge in [-0.25, -0.2) is 0 Å². The lowest BCUT2D eigenvalue weighted by Gasteiger charge is -2.11. The van der Waals surface area contributed by atoms with Crippen molar-refractivity contribution in [2.24, 2.45) is 0 Å². The van der Waals surface area contributed by atoms with Crippen molar-refractivity contribution in [2.45, 2.75) is 6.42 Å². The number of aromatic nitrogens is 1. The molecule has 0 saturated carbocycles. The first-order valence-electron chi connectivity index (χ1n) is 8.08. The molecule has 0 bridgehead atoms. The van der Waals surface area contributed by atoms with E-state index in [2.05, 4.69) is 47.4 Å². The minimum absolute atomic E-state index is 0.553. The van der Waals surface area contributed by atoms with E-state index in [1.165, 1.54) is 11.1 Å². The van der Waals surface area contributed by atoms with Gasteiger partial charge in [0, 0.05) is 17.1 Å². The van der Waals surface area contributed by atoms with E-state index >= 15 is 0 Å². The van der Waals surface area contributed by atoms with E-state index in [-0.39, 0.29) is 0 Å². The van der Waals surface area contributed by atoms with E-state index in [1.54, 1.807) is 0 Å². The van der Waals surface area contributed by atoms with Gasteiger partial charge in [0.2, 0.25) is 0 Å². The van der Waals surface area contributed by atoms with E-state index in [0.717, 1.165) is 28.5 Å². The number of halogens is 2. The van der Waals surface area contributed by atoms with Gasteiger partial charge in [0.1, 0.15) is 0 Å². The number of fused-ring (bicyclic) bond motifs is 1. The van der Waals surface area contributed by atoms with Crippen LogP contribution >= 0.6 is 23.2 Å². The van der Waals surface area contributed by atoms with Crippen molar-refractivity contribution >= 4 is 34.1 Å². The Morgan fingerprint density at radius 2 is 1.56 bits per heavy atom. The highest BCUT2D eigenvalue weighted by molar-refractivity contribution is 6.42. The second-order valence-corrected chi connectivity index (χ2v) is 6.82. The fourth-order valence-electron chi connectivity index (χ4n) is 3.07. The van der Waals surface area contributed by atoms with Gasteiger partial charge >= 0.3 is 0 Å². The molecule has 0 unspecified atom stereocenters. The summed E-state index contributed by atoms with van der Waals surface area (Å²) in [7, 11) is 0. The van der Waals surface area contributed by atoms with E-state index in [0.29, 0.717) is 10.0 Å². The van der Waals surface area contributed by atoms with Crippen molar-refractivity contribution in [3.05, 3.63) is 100 Å². The van der Waals surface area contributed by atoms with Crippen molar-refractivity contribution < 1.29 is 0 Å². The van der Waals surface area contributed by atoms with Gasteiger partial charge in [-0.15, -0.1) is 0 Å². The molecule has 0 fully saturated rings. The monoisotopic (exact) mass is 363 g/mol. The van der Waals surface area contributed by atoms with Crippen molar-refractivity contribution in [1.82, 2.24) is 4.98 Å². The van der Waals surface area contributed by atoms with Crippen LogP contribution in [0.2, 0.25) is 10.0 Å². The summed E-state index contributed by atoms with van der Waals surface area (Å²) in [5, 5.41) is 2.23. The topological polar surface area (TPSA) is 12.9 Å². The van der Waals surface area contributed by atoms with Gasteiger partial charge in [-0.05, 0) is 53.4 Å². The molecule has 0 aliphatic carbocycles. The molecule has 0 N–H and O–H groups in total. The first-order chi connectivity index (χ1) is 12.2. The summed E-state index contributed by atoms with van der Waals surface area (Å²) >= 11 is 12.3. The lowest BCUT2D eigenvalue weighted by Crippen LogP contribution is -1.92. The van der Waals surface area contributed by atoms with Gasteiger partial charge in [0.15, 0.2) is 0 Å². The summed E-state index contributed by atoms with van der Waals surface area (Å²) in [6.07, 6.45) is 2.69. The summed E-state index contributed by atoms with van der Waals surface area (Å²) in [6, 6.07) is 24.6. The molecule has 0 atom stereocenters. The zero-order chi connectivity index (χ0) is 17.2. The molecule has 1 heterocycles. The molecule has 122 valence electrons. The zero-order valence-corrected chi connectivity index (χ0v) is 14.9. The summed E-state index contributed by atoms with van der Waals surface area (Å²) < 4.78 is 0. The fourth-order valence-corrected chi connectivity index (χ4v) is 3.37. The van der Waals surface area contributed by atoms with Gasteiger partial charge in [-0.1, -0.05) is 65.7 Å². The minimum Gasteiger partial charge on any atom is -0.256 e. The maximum atomic E-state index is 6.23. The molecule has 4 aromatic rings. The van der Waals surface area contributed by atoms with Gasteiger partial charge in [-0.2, -0.15) is 0 Å². The molecular weight excluding hydrogens is 349 g/mol. The Morgan fingerprint density at radius 1 is 0.720 bits per heavy atom. The predicted octanol–water partition coefficient (Wildman–Crippen LogP) is 6.80. The van der Waals surface area contributed by atoms with Gasteiger partial charge in [0.05, 0.1) is 15.6 Å². The van der Waals surface area contributed by atoms with Crippen molar-refractivity contribution in [1.29, 1.82) is 0 Å². The Kier molecular flexibility index (Phi) is 4.44. The van der Waals surface area contributed by atoms with Gasteiger partial charge in [0.25, 0.3) is 0 Å². The van der Waals surface area contributed by atoms with Crippen LogP contribution in [0.5, 0.6) is 0 Å². The molecule has 0 amide bonds. The normalized spacial score (nSPS) is 11.0. The van der Waals surface area contributed by atoms with E-state index in [9.17, 15) is 0 Å². The molecule has 0 spiro atoms. The van der Waals surface area contributed by atoms with Crippen LogP contribution in [-0.4, -0.2) is 4.98 Å². The molecule has 1 aromatic heterocycles. The molecular formula is C22H15Cl2N. The van der Waals surface area contributed by atoms with Gasteiger partial charge in [-0.3, -0.25) is 4.98 Å². The minimum atomic E-state index is 0.553. The largest absolute Gasteiger partial charge is 0.256 e. The molecule has 3 heteroatoms. The Labute approximate surface area is 156 Å². The van der Waals surface area contributed by atoms with Crippen LogP contribution in [0.25, 0.3) is 22.0 Å². The van der Waals surface area contributed by atoms with Crippen molar-refractivity contribution in [3.63, 3.8) is 0 Å². The van der Waals surface area contributed by atoms with Crippen LogP contribution in [0, 0.1) is 0 Å². The highest BCUT2D eigenvalue weighted by Gasteiger charge is 2.10. The predicted molar refractivity (Wildman–Crippen MR) is 106 cm³/mol. The second kappa shape index (κ2) is 6.87.